The van der Waals surface area contributed by atoms with Gasteiger partial charge in [0.15, 0.2) is 0 Å². The van der Waals surface area contributed by atoms with Crippen molar-refractivity contribution in [3.05, 3.63) is 0 Å². The molecule has 5 heavy (non-hydrogen) atoms. The van der Waals surface area contributed by atoms with Crippen LogP contribution in [0.4, 0.5) is 4.32 Å². The van der Waals surface area contributed by atoms with E-state index in [-0.39, 0.29) is 5.82 Å². The second-order valence-electron chi connectivity index (χ2n) is 1.37. The zero-order valence-electron chi connectivity index (χ0n) is 3.53. The quantitative estimate of drug-likeness (QED) is 0.411. The van der Waals surface area contributed by atoms with Crippen molar-refractivity contribution >= 4 is 7.56 Å². The van der Waals surface area contributed by atoms with E-state index in [4.69, 9.17) is 0 Å². The number of hydrogen-bond donors (Lipinski definition) is 0. The molecule has 1 radical (unpaired) electrons. The molecule has 0 rings (SSSR count). The summed E-state index contributed by atoms with van der Waals surface area (Å²) in [7, 11) is 0.667. The third kappa shape index (κ3) is 3.99. The van der Waals surface area contributed by atoms with Crippen LogP contribution in [0.1, 0.15) is 13.8 Å². The Hall–Kier alpha value is -0.00506. The Morgan fingerprint density at radius 2 is 1.80 bits per heavy atom. The highest BCUT2D eigenvalue weighted by atomic mass is 19.1. The predicted molar refractivity (Wildman–Crippen MR) is 22.0 cm³/mol. The molecule has 2 heteroatoms. The molecule has 0 bridgehead atoms. The highest BCUT2D eigenvalue weighted by Crippen LogP contribution is 1.94. The molecule has 0 aliphatic heterocycles. The van der Waals surface area contributed by atoms with E-state index in [1.165, 1.54) is 0 Å². The number of halogens is 1. The van der Waals surface area contributed by atoms with Gasteiger partial charge in [-0.3, -0.25) is 0 Å². The first-order valence-corrected chi connectivity index (χ1v) is 1.71. The number of hydrogen-bond acceptors (Lipinski definition) is 0. The van der Waals surface area contributed by atoms with Crippen LogP contribution in [0, 0.1) is 0 Å². The molecule has 0 aliphatic carbocycles. The van der Waals surface area contributed by atoms with Crippen molar-refractivity contribution in [2.24, 2.45) is 0 Å². The van der Waals surface area contributed by atoms with Crippen molar-refractivity contribution in [3.63, 3.8) is 0 Å². The molecule has 0 amide bonds. The van der Waals surface area contributed by atoms with Crippen molar-refractivity contribution < 1.29 is 4.32 Å². The van der Waals surface area contributed by atoms with Crippen molar-refractivity contribution in [1.82, 2.24) is 0 Å². The van der Waals surface area contributed by atoms with Crippen LogP contribution in [-0.2, 0) is 0 Å². The molecular formula is C3H7BF. The van der Waals surface area contributed by atoms with E-state index in [2.05, 4.69) is 0 Å². The fraction of sp³-hybridized carbons (Fsp3) is 1.00. The van der Waals surface area contributed by atoms with Gasteiger partial charge in [-0.05, 0) is 5.82 Å². The zero-order chi connectivity index (χ0) is 4.28. The fourth-order valence-electron chi connectivity index (χ4n) is 0. The maximum absolute atomic E-state index is 11.0. The van der Waals surface area contributed by atoms with E-state index in [9.17, 15) is 4.32 Å². The summed E-state index contributed by atoms with van der Waals surface area (Å²) in [4.78, 5) is 0. The summed E-state index contributed by atoms with van der Waals surface area (Å²) in [5, 5.41) is 0. The van der Waals surface area contributed by atoms with Crippen LogP contribution in [0.25, 0.3) is 0 Å². The van der Waals surface area contributed by atoms with Crippen LogP contribution >= 0.6 is 0 Å². The molecule has 0 spiro atoms. The van der Waals surface area contributed by atoms with Crippen molar-refractivity contribution in [2.45, 2.75) is 19.7 Å². The lowest BCUT2D eigenvalue weighted by atomic mass is 9.87. The van der Waals surface area contributed by atoms with E-state index in [0.717, 1.165) is 0 Å². The van der Waals surface area contributed by atoms with Crippen LogP contribution in [0.2, 0.25) is 5.82 Å². The zero-order valence-corrected chi connectivity index (χ0v) is 3.53. The van der Waals surface area contributed by atoms with Gasteiger partial charge in [0.1, 0.15) is 0 Å². The first-order valence-electron chi connectivity index (χ1n) is 1.71. The summed E-state index contributed by atoms with van der Waals surface area (Å²) in [6, 6.07) is 0. The second kappa shape index (κ2) is 2.25. The minimum absolute atomic E-state index is 0.0926. The average molecular weight is 72.9 g/mol. The summed E-state index contributed by atoms with van der Waals surface area (Å²) in [5.74, 6) is 0.0926. The van der Waals surface area contributed by atoms with Crippen LogP contribution in [0.5, 0.6) is 0 Å². The molecule has 0 atom stereocenters. The highest BCUT2D eigenvalue weighted by Gasteiger charge is 1.90. The van der Waals surface area contributed by atoms with Crippen LogP contribution in [0.3, 0.4) is 0 Å². The Labute approximate surface area is 32.7 Å². The Balaban J connectivity index is 2.54. The molecule has 0 aromatic heterocycles. The van der Waals surface area contributed by atoms with Gasteiger partial charge in [-0.1, -0.05) is 13.8 Å². The standard InChI is InChI=1S/C3H7BF/c1-3(2)4-5/h3H,1-2H3. The van der Waals surface area contributed by atoms with E-state index >= 15 is 0 Å². The molecule has 0 fully saturated rings. The van der Waals surface area contributed by atoms with Gasteiger partial charge in [-0.15, -0.1) is 0 Å². The molecule has 0 unspecified atom stereocenters. The molecule has 0 heterocycles. The molecular weight excluding hydrogens is 65.8 g/mol. The summed E-state index contributed by atoms with van der Waals surface area (Å²) in [6.07, 6.45) is 0. The van der Waals surface area contributed by atoms with Gasteiger partial charge in [0.05, 0.1) is 0 Å². The Morgan fingerprint density at radius 3 is 1.80 bits per heavy atom. The van der Waals surface area contributed by atoms with Gasteiger partial charge in [-0.2, -0.15) is 0 Å². The molecule has 0 aliphatic rings. The van der Waals surface area contributed by atoms with E-state index in [0.29, 0.717) is 7.56 Å². The molecule has 0 saturated heterocycles. The van der Waals surface area contributed by atoms with Gasteiger partial charge in [0.25, 0.3) is 0 Å². The SMILES string of the molecule is CC(C)[B]F. The van der Waals surface area contributed by atoms with E-state index < -0.39 is 0 Å². The van der Waals surface area contributed by atoms with Crippen LogP contribution < -0.4 is 0 Å². The van der Waals surface area contributed by atoms with Crippen molar-refractivity contribution in [1.29, 1.82) is 0 Å². The maximum Gasteiger partial charge on any atom is 0.357 e. The maximum atomic E-state index is 11.0. The lowest BCUT2D eigenvalue weighted by molar-refractivity contribution is 0.820. The average Bonchev–Trinajstić information content (AvgIpc) is 1.38. The van der Waals surface area contributed by atoms with Gasteiger partial charge in [0, 0.05) is 0 Å². The smallest absolute Gasteiger partial charge is 0.342 e. The van der Waals surface area contributed by atoms with E-state index in [1.54, 1.807) is 13.8 Å². The lowest BCUT2D eigenvalue weighted by Gasteiger charge is -1.83. The van der Waals surface area contributed by atoms with Gasteiger partial charge >= 0.3 is 7.56 Å². The second-order valence-corrected chi connectivity index (χ2v) is 1.37. The molecule has 0 aromatic carbocycles. The summed E-state index contributed by atoms with van der Waals surface area (Å²) in [6.45, 7) is 3.58. The molecule has 0 aromatic rings. The largest absolute Gasteiger partial charge is 0.357 e. The fourth-order valence-corrected chi connectivity index (χ4v) is 0. The van der Waals surface area contributed by atoms with Crippen LogP contribution in [0.15, 0.2) is 0 Å². The minimum Gasteiger partial charge on any atom is -0.342 e. The summed E-state index contributed by atoms with van der Waals surface area (Å²) in [5.41, 5.74) is 0. The van der Waals surface area contributed by atoms with Crippen molar-refractivity contribution in [2.75, 3.05) is 0 Å². The highest BCUT2D eigenvalue weighted by molar-refractivity contribution is 6.28. The Kier molecular flexibility index (Phi) is 2.24. The molecule has 0 saturated carbocycles. The van der Waals surface area contributed by atoms with Crippen molar-refractivity contribution in [3.8, 4) is 0 Å². The molecule has 0 nitrogen and oxygen atoms in total. The first kappa shape index (κ1) is 4.99. The monoisotopic (exact) mass is 73.1 g/mol. The van der Waals surface area contributed by atoms with Gasteiger partial charge < -0.3 is 4.32 Å². The Bertz CT molecular complexity index is 20.9. The van der Waals surface area contributed by atoms with Gasteiger partial charge in [-0.25, -0.2) is 0 Å². The number of rotatable bonds is 1. The summed E-state index contributed by atoms with van der Waals surface area (Å²) >= 11 is 0. The topological polar surface area (TPSA) is 0 Å². The van der Waals surface area contributed by atoms with Crippen LogP contribution in [-0.4, -0.2) is 7.56 Å². The first-order chi connectivity index (χ1) is 2.27. The summed E-state index contributed by atoms with van der Waals surface area (Å²) < 4.78 is 11.0. The van der Waals surface area contributed by atoms with Gasteiger partial charge in [0.2, 0.25) is 0 Å². The van der Waals surface area contributed by atoms with E-state index in [1.807, 2.05) is 0 Å². The minimum atomic E-state index is 0.0926. The molecule has 29 valence electrons. The normalized spacial score (nSPS) is 8.80. The third-order valence-corrected chi connectivity index (χ3v) is 0.252. The molecule has 0 N–H and O–H groups in total. The lowest BCUT2D eigenvalue weighted by Crippen LogP contribution is -1.82. The third-order valence-electron chi connectivity index (χ3n) is 0.252. The Morgan fingerprint density at radius 1 is 1.60 bits per heavy atom. The predicted octanol–water partition coefficient (Wildman–Crippen LogP) is 1.40.